The van der Waals surface area contributed by atoms with Crippen LogP contribution in [0.25, 0.3) is 0 Å². The molecule has 2 heterocycles. The lowest BCUT2D eigenvalue weighted by Crippen LogP contribution is -2.42. The maximum atomic E-state index is 5.51. The summed E-state index contributed by atoms with van der Waals surface area (Å²) in [5.41, 5.74) is 0. The van der Waals surface area contributed by atoms with Gasteiger partial charge in [-0.05, 0) is 51.7 Å². The molecule has 88 valence electrons. The topological polar surface area (TPSA) is 24.5 Å². The highest BCUT2D eigenvalue weighted by molar-refractivity contribution is 4.84. The molecular formula is C12H24N2O. The molecule has 0 spiro atoms. The highest BCUT2D eigenvalue weighted by Gasteiger charge is 2.28. The minimum absolute atomic E-state index is 0.792. The van der Waals surface area contributed by atoms with E-state index in [-0.39, 0.29) is 0 Å². The summed E-state index contributed by atoms with van der Waals surface area (Å²) in [6.07, 6.45) is 4.01. The van der Waals surface area contributed by atoms with Crippen LogP contribution in [0.4, 0.5) is 0 Å². The van der Waals surface area contributed by atoms with Gasteiger partial charge >= 0.3 is 0 Å². The number of hydrogen-bond donors (Lipinski definition) is 1. The van der Waals surface area contributed by atoms with Crippen molar-refractivity contribution in [2.24, 2.45) is 5.92 Å². The summed E-state index contributed by atoms with van der Waals surface area (Å²) >= 11 is 0. The Bertz CT molecular complexity index is 180. The van der Waals surface area contributed by atoms with Gasteiger partial charge in [-0.15, -0.1) is 0 Å². The van der Waals surface area contributed by atoms with Crippen molar-refractivity contribution in [3.8, 4) is 0 Å². The number of hydrogen-bond acceptors (Lipinski definition) is 3. The van der Waals surface area contributed by atoms with Crippen LogP contribution in [0.3, 0.4) is 0 Å². The molecule has 3 heteroatoms. The van der Waals surface area contributed by atoms with Crippen molar-refractivity contribution in [2.45, 2.75) is 32.2 Å². The minimum atomic E-state index is 0.792. The zero-order valence-electron chi connectivity index (χ0n) is 9.87. The molecule has 0 aromatic rings. The third kappa shape index (κ3) is 3.16. The molecule has 0 saturated carbocycles. The second-order valence-corrected chi connectivity index (χ2v) is 4.79. The SMILES string of the molecule is CCOC[C@H]1CCN(C2CCNCC2)C1. The van der Waals surface area contributed by atoms with E-state index in [4.69, 9.17) is 4.74 Å². The smallest absolute Gasteiger partial charge is 0.0506 e. The molecule has 2 aliphatic rings. The number of likely N-dealkylation sites (tertiary alicyclic amines) is 1. The zero-order valence-corrected chi connectivity index (χ0v) is 9.87. The van der Waals surface area contributed by atoms with E-state index in [9.17, 15) is 0 Å². The van der Waals surface area contributed by atoms with E-state index in [1.54, 1.807) is 0 Å². The van der Waals surface area contributed by atoms with Gasteiger partial charge in [0.25, 0.3) is 0 Å². The van der Waals surface area contributed by atoms with Gasteiger partial charge < -0.3 is 10.1 Å². The van der Waals surface area contributed by atoms with E-state index in [0.29, 0.717) is 0 Å². The lowest BCUT2D eigenvalue weighted by Gasteiger charge is -2.31. The van der Waals surface area contributed by atoms with Crippen molar-refractivity contribution in [1.82, 2.24) is 10.2 Å². The third-order valence-corrected chi connectivity index (χ3v) is 3.70. The molecule has 0 aromatic carbocycles. The van der Waals surface area contributed by atoms with Crippen molar-refractivity contribution >= 4 is 0 Å². The second-order valence-electron chi connectivity index (χ2n) is 4.79. The number of piperidine rings is 1. The summed E-state index contributed by atoms with van der Waals surface area (Å²) in [4.78, 5) is 2.69. The molecule has 2 saturated heterocycles. The van der Waals surface area contributed by atoms with Gasteiger partial charge in [-0.1, -0.05) is 0 Å². The van der Waals surface area contributed by atoms with Crippen LogP contribution in [0, 0.1) is 5.92 Å². The van der Waals surface area contributed by atoms with E-state index in [0.717, 1.165) is 25.2 Å². The molecular weight excluding hydrogens is 188 g/mol. The van der Waals surface area contributed by atoms with E-state index >= 15 is 0 Å². The highest BCUT2D eigenvalue weighted by atomic mass is 16.5. The number of nitrogens with one attached hydrogen (secondary N) is 1. The molecule has 2 aliphatic heterocycles. The maximum Gasteiger partial charge on any atom is 0.0506 e. The molecule has 0 bridgehead atoms. The van der Waals surface area contributed by atoms with Crippen LogP contribution in [0.1, 0.15) is 26.2 Å². The van der Waals surface area contributed by atoms with E-state index in [2.05, 4.69) is 17.1 Å². The first-order valence-electron chi connectivity index (χ1n) is 6.42. The Hall–Kier alpha value is -0.120. The van der Waals surface area contributed by atoms with Gasteiger partial charge in [-0.2, -0.15) is 0 Å². The Morgan fingerprint density at radius 1 is 1.27 bits per heavy atom. The molecule has 3 nitrogen and oxygen atoms in total. The molecule has 0 radical (unpaired) electrons. The fraction of sp³-hybridized carbons (Fsp3) is 1.00. The van der Waals surface area contributed by atoms with Gasteiger partial charge in [-0.3, -0.25) is 4.90 Å². The summed E-state index contributed by atoms with van der Waals surface area (Å²) in [6.45, 7) is 8.89. The van der Waals surface area contributed by atoms with Crippen LogP contribution >= 0.6 is 0 Å². The van der Waals surface area contributed by atoms with Crippen LogP contribution in [-0.4, -0.2) is 50.3 Å². The van der Waals surface area contributed by atoms with Crippen molar-refractivity contribution in [3.05, 3.63) is 0 Å². The quantitative estimate of drug-likeness (QED) is 0.755. The van der Waals surface area contributed by atoms with E-state index < -0.39 is 0 Å². The fourth-order valence-corrected chi connectivity index (χ4v) is 2.79. The van der Waals surface area contributed by atoms with Crippen LogP contribution in [0.15, 0.2) is 0 Å². The van der Waals surface area contributed by atoms with Crippen molar-refractivity contribution in [3.63, 3.8) is 0 Å². The standard InChI is InChI=1S/C12H24N2O/c1-2-15-10-11-5-8-14(9-11)12-3-6-13-7-4-12/h11-13H,2-10H2,1H3/t11-/m0/s1. The van der Waals surface area contributed by atoms with Crippen LogP contribution in [0.2, 0.25) is 0 Å². The first-order valence-corrected chi connectivity index (χ1v) is 6.42. The van der Waals surface area contributed by atoms with E-state index in [1.165, 1.54) is 45.4 Å². The summed E-state index contributed by atoms with van der Waals surface area (Å²) in [5, 5.41) is 3.43. The Labute approximate surface area is 93.2 Å². The predicted molar refractivity (Wildman–Crippen MR) is 62.1 cm³/mol. The normalized spacial score (nSPS) is 29.8. The molecule has 15 heavy (non-hydrogen) atoms. The Kier molecular flexibility index (Phi) is 4.42. The first kappa shape index (κ1) is 11.4. The van der Waals surface area contributed by atoms with E-state index in [1.807, 2.05) is 0 Å². The second kappa shape index (κ2) is 5.83. The van der Waals surface area contributed by atoms with Crippen LogP contribution in [0.5, 0.6) is 0 Å². The lowest BCUT2D eigenvalue weighted by atomic mass is 10.1. The molecule has 1 N–H and O–H groups in total. The minimum Gasteiger partial charge on any atom is -0.381 e. The molecule has 2 fully saturated rings. The van der Waals surface area contributed by atoms with Gasteiger partial charge in [-0.25, -0.2) is 0 Å². The Morgan fingerprint density at radius 3 is 2.80 bits per heavy atom. The predicted octanol–water partition coefficient (Wildman–Crippen LogP) is 1.10. The monoisotopic (exact) mass is 212 g/mol. The average molecular weight is 212 g/mol. The lowest BCUT2D eigenvalue weighted by molar-refractivity contribution is 0.106. The third-order valence-electron chi connectivity index (χ3n) is 3.70. The Morgan fingerprint density at radius 2 is 2.07 bits per heavy atom. The molecule has 2 rings (SSSR count). The van der Waals surface area contributed by atoms with Crippen LogP contribution in [-0.2, 0) is 4.74 Å². The van der Waals surface area contributed by atoms with Gasteiger partial charge in [0.1, 0.15) is 0 Å². The van der Waals surface area contributed by atoms with Gasteiger partial charge in [0.2, 0.25) is 0 Å². The molecule has 0 unspecified atom stereocenters. The maximum absolute atomic E-state index is 5.51. The fourth-order valence-electron chi connectivity index (χ4n) is 2.79. The summed E-state index contributed by atoms with van der Waals surface area (Å²) in [6, 6.07) is 0.845. The summed E-state index contributed by atoms with van der Waals surface area (Å²) in [5.74, 6) is 0.792. The van der Waals surface area contributed by atoms with Crippen molar-refractivity contribution in [1.29, 1.82) is 0 Å². The summed E-state index contributed by atoms with van der Waals surface area (Å²) < 4.78 is 5.51. The molecule has 0 aliphatic carbocycles. The molecule has 1 atom stereocenters. The van der Waals surface area contributed by atoms with Crippen molar-refractivity contribution < 1.29 is 4.74 Å². The highest BCUT2D eigenvalue weighted by Crippen LogP contribution is 2.22. The zero-order chi connectivity index (χ0) is 10.5. The summed E-state index contributed by atoms with van der Waals surface area (Å²) in [7, 11) is 0. The molecule has 0 amide bonds. The largest absolute Gasteiger partial charge is 0.381 e. The van der Waals surface area contributed by atoms with Gasteiger partial charge in [0, 0.05) is 19.2 Å². The number of rotatable bonds is 4. The van der Waals surface area contributed by atoms with Crippen molar-refractivity contribution in [2.75, 3.05) is 39.4 Å². The number of ether oxygens (including phenoxy) is 1. The first-order chi connectivity index (χ1) is 7.40. The van der Waals surface area contributed by atoms with Gasteiger partial charge in [0.05, 0.1) is 6.61 Å². The molecule has 0 aromatic heterocycles. The average Bonchev–Trinajstić information content (AvgIpc) is 2.76. The van der Waals surface area contributed by atoms with Gasteiger partial charge in [0.15, 0.2) is 0 Å². The Balaban J connectivity index is 1.71. The number of nitrogens with zero attached hydrogens (tertiary/aromatic N) is 1. The van der Waals surface area contributed by atoms with Crippen LogP contribution < -0.4 is 5.32 Å².